The Labute approximate surface area is 214 Å². The third-order valence-electron chi connectivity index (χ3n) is 5.98. The smallest absolute Gasteiger partial charge is 0.283 e. The van der Waals surface area contributed by atoms with Gasteiger partial charge in [0.25, 0.3) is 5.91 Å². The minimum atomic E-state index is -0.514. The standard InChI is InChI=1S/C27H17ClFN5OS/c28-21-10-4-2-9-19(21)26-32-34-24(30)20(25(35)31-27(34)36-26)13-17-15-33(23-12-6-3-8-18(17)23)14-16-7-1-5-11-22(16)29/h1-13,15,30H,14H2/b20-13+,30-24?. The van der Waals surface area contributed by atoms with Crippen LogP contribution in [0.3, 0.4) is 0 Å². The molecule has 0 radical (unpaired) electrons. The molecule has 0 fully saturated rings. The number of nitrogens with zero attached hydrogens (tertiary/aromatic N) is 4. The van der Waals surface area contributed by atoms with E-state index in [1.165, 1.54) is 22.8 Å². The average molecular weight is 514 g/mol. The Bertz CT molecular complexity index is 1670. The van der Waals surface area contributed by atoms with Gasteiger partial charge < -0.3 is 4.57 Å². The fraction of sp³-hybridized carbons (Fsp3) is 0.0370. The zero-order chi connectivity index (χ0) is 24.8. The van der Waals surface area contributed by atoms with E-state index in [2.05, 4.69) is 10.1 Å². The van der Waals surface area contributed by atoms with Crippen LogP contribution in [0.1, 0.15) is 16.7 Å². The van der Waals surface area contributed by atoms with Gasteiger partial charge in [-0.1, -0.05) is 66.2 Å². The number of hydrogen-bond acceptors (Lipinski definition) is 4. The van der Waals surface area contributed by atoms with Crippen molar-refractivity contribution in [3.8, 4) is 0 Å². The minimum absolute atomic E-state index is 0.0644. The van der Waals surface area contributed by atoms with Crippen LogP contribution in [0.2, 0.25) is 5.02 Å². The SMILES string of the molecule is N=C1/C(=C\c2cn(Cc3ccccc3F)c3ccccc23)C(=O)N=C2SC(c3ccccc3Cl)=NN12. The summed E-state index contributed by atoms with van der Waals surface area (Å²) in [6, 6.07) is 21.6. The van der Waals surface area contributed by atoms with E-state index in [0.717, 1.165) is 16.5 Å². The second kappa shape index (κ2) is 8.89. The molecule has 0 spiro atoms. The lowest BCUT2D eigenvalue weighted by atomic mass is 10.1. The Morgan fingerprint density at radius 3 is 2.61 bits per heavy atom. The van der Waals surface area contributed by atoms with Crippen molar-refractivity contribution in [2.24, 2.45) is 10.1 Å². The molecule has 0 aliphatic carbocycles. The number of hydrazone groups is 1. The van der Waals surface area contributed by atoms with E-state index in [9.17, 15) is 9.18 Å². The second-order valence-corrected chi connectivity index (χ2v) is 9.59. The predicted molar refractivity (Wildman–Crippen MR) is 143 cm³/mol. The van der Waals surface area contributed by atoms with Gasteiger partial charge in [-0.25, -0.2) is 4.39 Å². The Morgan fingerprint density at radius 1 is 1.03 bits per heavy atom. The maximum atomic E-state index is 14.3. The first-order valence-electron chi connectivity index (χ1n) is 11.1. The van der Waals surface area contributed by atoms with Crippen LogP contribution < -0.4 is 0 Å². The number of aromatic nitrogens is 1. The summed E-state index contributed by atoms with van der Waals surface area (Å²) in [6.45, 7) is 0.332. The summed E-state index contributed by atoms with van der Waals surface area (Å²) in [4.78, 5) is 17.2. The molecule has 2 aliphatic rings. The number of amides is 1. The molecule has 176 valence electrons. The molecule has 3 heterocycles. The largest absolute Gasteiger partial charge is 0.342 e. The van der Waals surface area contributed by atoms with Crippen molar-refractivity contribution in [2.75, 3.05) is 0 Å². The molecule has 0 saturated carbocycles. The molecule has 6 nitrogen and oxygen atoms in total. The Morgan fingerprint density at radius 2 is 1.78 bits per heavy atom. The summed E-state index contributed by atoms with van der Waals surface area (Å²) in [5.41, 5.74) is 3.02. The fourth-order valence-electron chi connectivity index (χ4n) is 4.22. The molecule has 2 aliphatic heterocycles. The highest BCUT2D eigenvalue weighted by Crippen LogP contribution is 2.34. The van der Waals surface area contributed by atoms with Crippen LogP contribution in [0.4, 0.5) is 4.39 Å². The van der Waals surface area contributed by atoms with Crippen molar-refractivity contribution in [1.82, 2.24) is 9.58 Å². The topological polar surface area (TPSA) is 73.8 Å². The van der Waals surface area contributed by atoms with Crippen LogP contribution >= 0.6 is 23.4 Å². The lowest BCUT2D eigenvalue weighted by molar-refractivity contribution is -0.114. The molecule has 9 heteroatoms. The zero-order valence-corrected chi connectivity index (χ0v) is 20.2. The highest BCUT2D eigenvalue weighted by atomic mass is 35.5. The highest BCUT2D eigenvalue weighted by molar-refractivity contribution is 8.27. The van der Waals surface area contributed by atoms with E-state index < -0.39 is 5.91 Å². The molecule has 1 aromatic heterocycles. The van der Waals surface area contributed by atoms with Crippen LogP contribution in [0.15, 0.2) is 94.7 Å². The van der Waals surface area contributed by atoms with Gasteiger partial charge in [0.1, 0.15) is 10.9 Å². The van der Waals surface area contributed by atoms with Gasteiger partial charge in [-0.05, 0) is 36.0 Å². The third-order valence-corrected chi connectivity index (χ3v) is 7.25. The maximum Gasteiger partial charge on any atom is 0.283 e. The lowest BCUT2D eigenvalue weighted by Gasteiger charge is -2.20. The summed E-state index contributed by atoms with van der Waals surface area (Å²) in [6.07, 6.45) is 3.51. The van der Waals surface area contributed by atoms with Crippen molar-refractivity contribution in [2.45, 2.75) is 6.54 Å². The van der Waals surface area contributed by atoms with Gasteiger partial charge in [-0.2, -0.15) is 15.1 Å². The van der Waals surface area contributed by atoms with E-state index in [-0.39, 0.29) is 17.2 Å². The summed E-state index contributed by atoms with van der Waals surface area (Å²) < 4.78 is 16.3. The van der Waals surface area contributed by atoms with Crippen molar-refractivity contribution < 1.29 is 9.18 Å². The van der Waals surface area contributed by atoms with Gasteiger partial charge in [0.05, 0.1) is 17.1 Å². The van der Waals surface area contributed by atoms with Gasteiger partial charge in [0.15, 0.2) is 5.84 Å². The average Bonchev–Trinajstić information content (AvgIpc) is 3.45. The number of para-hydroxylation sites is 1. The number of nitrogens with one attached hydrogen (secondary N) is 1. The zero-order valence-electron chi connectivity index (χ0n) is 18.7. The maximum absolute atomic E-state index is 14.3. The minimum Gasteiger partial charge on any atom is -0.342 e. The van der Waals surface area contributed by atoms with Crippen molar-refractivity contribution in [3.05, 3.63) is 112 Å². The van der Waals surface area contributed by atoms with Gasteiger partial charge in [-0.15, -0.1) is 0 Å². The molecule has 1 amide bonds. The normalized spacial score (nSPS) is 16.5. The van der Waals surface area contributed by atoms with Crippen LogP contribution in [0, 0.1) is 11.2 Å². The van der Waals surface area contributed by atoms with Gasteiger partial charge >= 0.3 is 0 Å². The number of fused-ring (bicyclic) bond motifs is 2. The van der Waals surface area contributed by atoms with Gasteiger partial charge in [0, 0.05) is 33.8 Å². The molecule has 4 aromatic rings. The van der Waals surface area contributed by atoms with Crippen molar-refractivity contribution in [1.29, 1.82) is 5.41 Å². The molecule has 3 aromatic carbocycles. The first kappa shape index (κ1) is 22.5. The van der Waals surface area contributed by atoms with Crippen LogP contribution in [-0.4, -0.2) is 31.5 Å². The van der Waals surface area contributed by atoms with Gasteiger partial charge in [0.2, 0.25) is 5.17 Å². The van der Waals surface area contributed by atoms with Crippen LogP contribution in [0.5, 0.6) is 0 Å². The molecule has 1 N–H and O–H groups in total. The number of halogens is 2. The number of amidine groups is 2. The number of rotatable bonds is 4. The van der Waals surface area contributed by atoms with Crippen molar-refractivity contribution >= 4 is 62.3 Å². The molecule has 0 atom stereocenters. The number of aliphatic imine (C=N–C) groups is 1. The summed E-state index contributed by atoms with van der Waals surface area (Å²) >= 11 is 7.52. The Balaban J connectivity index is 1.39. The molecule has 6 rings (SSSR count). The number of carbonyl (C=O) groups is 1. The third kappa shape index (κ3) is 3.84. The lowest BCUT2D eigenvalue weighted by Crippen LogP contribution is -2.35. The number of hydrogen-bond donors (Lipinski definition) is 1. The fourth-order valence-corrected chi connectivity index (χ4v) is 5.43. The monoisotopic (exact) mass is 513 g/mol. The first-order valence-corrected chi connectivity index (χ1v) is 12.3. The summed E-state index contributed by atoms with van der Waals surface area (Å²) in [5.74, 6) is -0.856. The molecule has 0 unspecified atom stereocenters. The van der Waals surface area contributed by atoms with Crippen molar-refractivity contribution in [3.63, 3.8) is 0 Å². The van der Waals surface area contributed by atoms with Crippen LogP contribution in [-0.2, 0) is 11.3 Å². The van der Waals surface area contributed by atoms with Crippen LogP contribution in [0.25, 0.3) is 17.0 Å². The highest BCUT2D eigenvalue weighted by Gasteiger charge is 2.36. The molecular formula is C27H17ClFN5OS. The molecule has 0 saturated heterocycles. The second-order valence-electron chi connectivity index (χ2n) is 8.23. The van der Waals surface area contributed by atoms with E-state index >= 15 is 0 Å². The van der Waals surface area contributed by atoms with E-state index in [1.807, 2.05) is 53.2 Å². The van der Waals surface area contributed by atoms with E-state index in [1.54, 1.807) is 30.3 Å². The molecule has 0 bridgehead atoms. The summed E-state index contributed by atoms with van der Waals surface area (Å²) in [5, 5.41) is 16.9. The number of carbonyl (C=O) groups excluding carboxylic acids is 1. The number of benzene rings is 3. The summed E-state index contributed by atoms with van der Waals surface area (Å²) in [7, 11) is 0. The van der Waals surface area contributed by atoms with Gasteiger partial charge in [-0.3, -0.25) is 10.2 Å². The predicted octanol–water partition coefficient (Wildman–Crippen LogP) is 6.15. The molecule has 36 heavy (non-hydrogen) atoms. The van der Waals surface area contributed by atoms with E-state index in [4.69, 9.17) is 17.0 Å². The quantitative estimate of drug-likeness (QED) is 0.333. The first-order chi connectivity index (χ1) is 17.5. The van der Waals surface area contributed by atoms with E-state index in [0.29, 0.717) is 32.9 Å². The number of thioether (sulfide) groups is 1. The Hall–Kier alpha value is -4.01. The molecular weight excluding hydrogens is 497 g/mol. The Kier molecular flexibility index (Phi) is 5.55.